The number of hydrogen-bond acceptors (Lipinski definition) is 4. The van der Waals surface area contributed by atoms with Crippen molar-refractivity contribution in [1.82, 2.24) is 0 Å². The monoisotopic (exact) mass is 226 g/mol. The van der Waals surface area contributed by atoms with Crippen LogP contribution in [0, 0.1) is 0 Å². The van der Waals surface area contributed by atoms with Crippen molar-refractivity contribution in [2.45, 2.75) is 25.9 Å². The Morgan fingerprint density at radius 2 is 1.69 bits per heavy atom. The summed E-state index contributed by atoms with van der Waals surface area (Å²) in [5.41, 5.74) is 0.876. The number of hydrogen-bond donors (Lipinski definition) is 2. The summed E-state index contributed by atoms with van der Waals surface area (Å²) in [5.74, 6) is 0.704. The molecular formula is C12H18O4. The molecule has 90 valence electrons. The number of aliphatic hydroxyl groups excluding tert-OH is 1. The van der Waals surface area contributed by atoms with Crippen LogP contribution in [0.2, 0.25) is 0 Å². The second kappa shape index (κ2) is 5.61. The molecule has 0 saturated carbocycles. The fourth-order valence-electron chi connectivity index (χ4n) is 1.48. The third-order valence-corrected chi connectivity index (χ3v) is 2.48. The maximum absolute atomic E-state index is 9.69. The summed E-state index contributed by atoms with van der Waals surface area (Å²) >= 11 is 0. The third-order valence-electron chi connectivity index (χ3n) is 2.48. The highest BCUT2D eigenvalue weighted by Crippen LogP contribution is 2.37. The van der Waals surface area contributed by atoms with Gasteiger partial charge in [0.15, 0.2) is 11.5 Å². The van der Waals surface area contributed by atoms with Gasteiger partial charge in [-0.2, -0.15) is 0 Å². The summed E-state index contributed by atoms with van der Waals surface area (Å²) in [5, 5.41) is 19.3. The third kappa shape index (κ3) is 2.79. The molecule has 0 heterocycles. The lowest BCUT2D eigenvalue weighted by molar-refractivity contribution is 0.170. The van der Waals surface area contributed by atoms with E-state index in [4.69, 9.17) is 9.47 Å². The first kappa shape index (κ1) is 12.6. The maximum atomic E-state index is 9.69. The number of ether oxygens (including phenoxy) is 2. The molecule has 1 aromatic carbocycles. The molecule has 0 aliphatic carbocycles. The number of phenols is 1. The first-order chi connectivity index (χ1) is 7.62. The van der Waals surface area contributed by atoms with Crippen molar-refractivity contribution < 1.29 is 19.7 Å². The van der Waals surface area contributed by atoms with Crippen molar-refractivity contribution in [3.63, 3.8) is 0 Å². The molecule has 0 radical (unpaired) electrons. The normalized spacial score (nSPS) is 12.2. The quantitative estimate of drug-likeness (QED) is 0.802. The van der Waals surface area contributed by atoms with E-state index in [1.165, 1.54) is 14.2 Å². The molecule has 0 bridgehead atoms. The molecule has 1 atom stereocenters. The van der Waals surface area contributed by atoms with E-state index in [0.29, 0.717) is 24.3 Å². The fourth-order valence-corrected chi connectivity index (χ4v) is 1.48. The van der Waals surface area contributed by atoms with E-state index in [2.05, 4.69) is 0 Å². The van der Waals surface area contributed by atoms with Gasteiger partial charge in [0.1, 0.15) is 0 Å². The average Bonchev–Trinajstić information content (AvgIpc) is 2.30. The highest BCUT2D eigenvalue weighted by Gasteiger charge is 2.12. The molecule has 0 aliphatic heterocycles. The molecule has 16 heavy (non-hydrogen) atoms. The number of phenolic OH excluding ortho intramolecular Hbond substituents is 1. The number of benzene rings is 1. The van der Waals surface area contributed by atoms with Crippen LogP contribution in [0.5, 0.6) is 17.2 Å². The highest BCUT2D eigenvalue weighted by atomic mass is 16.5. The van der Waals surface area contributed by atoms with Gasteiger partial charge in [-0.1, -0.05) is 6.92 Å². The van der Waals surface area contributed by atoms with Gasteiger partial charge >= 0.3 is 0 Å². The number of aliphatic hydroxyl groups is 1. The molecule has 2 N–H and O–H groups in total. The van der Waals surface area contributed by atoms with Gasteiger partial charge in [0.2, 0.25) is 5.75 Å². The predicted octanol–water partition coefficient (Wildman–Crippen LogP) is 1.72. The van der Waals surface area contributed by atoms with Crippen molar-refractivity contribution in [3.05, 3.63) is 17.7 Å². The largest absolute Gasteiger partial charge is 0.502 e. The van der Waals surface area contributed by atoms with Gasteiger partial charge in [-0.15, -0.1) is 0 Å². The van der Waals surface area contributed by atoms with E-state index in [1.807, 2.05) is 6.92 Å². The van der Waals surface area contributed by atoms with Gasteiger partial charge in [0, 0.05) is 0 Å². The van der Waals surface area contributed by atoms with Gasteiger partial charge in [-0.3, -0.25) is 0 Å². The molecule has 0 aromatic heterocycles. The summed E-state index contributed by atoms with van der Waals surface area (Å²) in [7, 11) is 2.96. The van der Waals surface area contributed by atoms with Crippen LogP contribution in [0.1, 0.15) is 18.9 Å². The molecular weight excluding hydrogens is 208 g/mol. The van der Waals surface area contributed by atoms with Crippen molar-refractivity contribution in [1.29, 1.82) is 0 Å². The Morgan fingerprint density at radius 1 is 1.19 bits per heavy atom. The van der Waals surface area contributed by atoms with Gasteiger partial charge in [-0.05, 0) is 30.5 Å². The summed E-state index contributed by atoms with van der Waals surface area (Å²) < 4.78 is 10.1. The predicted molar refractivity (Wildman–Crippen MR) is 61.2 cm³/mol. The van der Waals surface area contributed by atoms with E-state index >= 15 is 0 Å². The van der Waals surface area contributed by atoms with Gasteiger partial charge in [0.25, 0.3) is 0 Å². The Bertz CT molecular complexity index is 324. The first-order valence-corrected chi connectivity index (χ1v) is 5.24. The Labute approximate surface area is 95.4 Å². The van der Waals surface area contributed by atoms with Crippen molar-refractivity contribution in [2.75, 3.05) is 14.2 Å². The summed E-state index contributed by atoms with van der Waals surface area (Å²) in [6.07, 6.45) is 0.814. The molecule has 0 fully saturated rings. The molecule has 1 aromatic rings. The van der Waals surface area contributed by atoms with E-state index in [1.54, 1.807) is 12.1 Å². The van der Waals surface area contributed by atoms with Gasteiger partial charge in [-0.25, -0.2) is 0 Å². The van der Waals surface area contributed by atoms with Crippen LogP contribution in [0.25, 0.3) is 0 Å². The van der Waals surface area contributed by atoms with Crippen molar-refractivity contribution in [2.24, 2.45) is 0 Å². The molecule has 0 saturated heterocycles. The van der Waals surface area contributed by atoms with Crippen molar-refractivity contribution in [3.8, 4) is 17.2 Å². The SMILES string of the molecule is CCC(O)Cc1cc(OC)c(O)c(OC)c1. The van der Waals surface area contributed by atoms with Gasteiger partial charge < -0.3 is 19.7 Å². The zero-order valence-electron chi connectivity index (χ0n) is 9.86. The topological polar surface area (TPSA) is 58.9 Å². The number of methoxy groups -OCH3 is 2. The molecule has 4 heteroatoms. The number of rotatable bonds is 5. The highest BCUT2D eigenvalue weighted by molar-refractivity contribution is 5.52. The van der Waals surface area contributed by atoms with Crippen LogP contribution in [0.15, 0.2) is 12.1 Å². The standard InChI is InChI=1S/C12H18O4/c1-4-9(13)5-8-6-10(15-2)12(14)11(7-8)16-3/h6-7,9,13-14H,4-5H2,1-3H3. The minimum atomic E-state index is -0.390. The second-order valence-corrected chi connectivity index (χ2v) is 3.62. The van der Waals surface area contributed by atoms with E-state index < -0.39 is 0 Å². The molecule has 1 unspecified atom stereocenters. The lowest BCUT2D eigenvalue weighted by Gasteiger charge is -2.13. The van der Waals surface area contributed by atoms with Crippen LogP contribution in [-0.4, -0.2) is 30.5 Å². The van der Waals surface area contributed by atoms with Crippen LogP contribution < -0.4 is 9.47 Å². The molecule has 0 amide bonds. The van der Waals surface area contributed by atoms with Crippen LogP contribution in [-0.2, 0) is 6.42 Å². The van der Waals surface area contributed by atoms with Gasteiger partial charge in [0.05, 0.1) is 20.3 Å². The summed E-state index contributed by atoms with van der Waals surface area (Å²) in [4.78, 5) is 0. The Hall–Kier alpha value is -1.42. The maximum Gasteiger partial charge on any atom is 0.200 e. The zero-order valence-corrected chi connectivity index (χ0v) is 9.86. The number of aromatic hydroxyl groups is 1. The molecule has 1 rings (SSSR count). The summed E-state index contributed by atoms with van der Waals surface area (Å²) in [6, 6.07) is 3.41. The zero-order chi connectivity index (χ0) is 12.1. The van der Waals surface area contributed by atoms with Crippen molar-refractivity contribution >= 4 is 0 Å². The average molecular weight is 226 g/mol. The van der Waals surface area contributed by atoms with E-state index in [-0.39, 0.29) is 11.9 Å². The second-order valence-electron chi connectivity index (χ2n) is 3.62. The molecule has 0 aliphatic rings. The Balaban J connectivity index is 3.02. The summed E-state index contributed by atoms with van der Waals surface area (Å²) in [6.45, 7) is 1.92. The van der Waals surface area contributed by atoms with Crippen LogP contribution in [0.4, 0.5) is 0 Å². The van der Waals surface area contributed by atoms with Crippen LogP contribution >= 0.6 is 0 Å². The van der Waals surface area contributed by atoms with Crippen LogP contribution in [0.3, 0.4) is 0 Å². The first-order valence-electron chi connectivity index (χ1n) is 5.24. The lowest BCUT2D eigenvalue weighted by atomic mass is 10.1. The minimum Gasteiger partial charge on any atom is -0.502 e. The Morgan fingerprint density at radius 3 is 2.06 bits per heavy atom. The van der Waals surface area contributed by atoms with E-state index in [9.17, 15) is 10.2 Å². The lowest BCUT2D eigenvalue weighted by Crippen LogP contribution is -2.08. The Kier molecular flexibility index (Phi) is 4.43. The minimum absolute atomic E-state index is 0.0141. The molecule has 0 spiro atoms. The smallest absolute Gasteiger partial charge is 0.200 e. The molecule has 4 nitrogen and oxygen atoms in total. The van der Waals surface area contributed by atoms with E-state index in [0.717, 1.165) is 5.56 Å². The fraction of sp³-hybridized carbons (Fsp3) is 0.500.